The molecule has 0 radical (unpaired) electrons. The first-order valence-electron chi connectivity index (χ1n) is 4.68. The number of likely N-dealkylation sites (N-methyl/N-ethyl adjacent to an activating group) is 1. The standard InChI is InChI=1S/C10H18N2O2/c1-8(2)9(7-11)10(13)12(3)5-6-14-4/h8-9H,5-6H2,1-4H3. The summed E-state index contributed by atoms with van der Waals surface area (Å²) >= 11 is 0. The minimum absolute atomic E-state index is 0.0532. The Hall–Kier alpha value is -1.08. The normalized spacial score (nSPS) is 12.3. The second-order valence-corrected chi connectivity index (χ2v) is 3.60. The van der Waals surface area contributed by atoms with Crippen molar-refractivity contribution >= 4 is 5.91 Å². The first-order chi connectivity index (χ1) is 6.54. The van der Waals surface area contributed by atoms with E-state index in [-0.39, 0.29) is 11.8 Å². The Labute approximate surface area is 85.5 Å². The van der Waals surface area contributed by atoms with Gasteiger partial charge in [-0.25, -0.2) is 0 Å². The van der Waals surface area contributed by atoms with Gasteiger partial charge in [-0.1, -0.05) is 13.8 Å². The molecule has 14 heavy (non-hydrogen) atoms. The molecule has 0 aromatic rings. The van der Waals surface area contributed by atoms with E-state index in [1.807, 2.05) is 19.9 Å². The number of amides is 1. The smallest absolute Gasteiger partial charge is 0.240 e. The van der Waals surface area contributed by atoms with Crippen molar-refractivity contribution < 1.29 is 9.53 Å². The van der Waals surface area contributed by atoms with Crippen LogP contribution in [-0.2, 0) is 9.53 Å². The van der Waals surface area contributed by atoms with Crippen molar-refractivity contribution in [2.24, 2.45) is 11.8 Å². The fourth-order valence-corrected chi connectivity index (χ4v) is 1.07. The van der Waals surface area contributed by atoms with Crippen LogP contribution in [0.25, 0.3) is 0 Å². The van der Waals surface area contributed by atoms with Gasteiger partial charge in [0.1, 0.15) is 5.92 Å². The first kappa shape index (κ1) is 12.9. The van der Waals surface area contributed by atoms with Crippen molar-refractivity contribution in [3.63, 3.8) is 0 Å². The van der Waals surface area contributed by atoms with Gasteiger partial charge in [0.05, 0.1) is 12.7 Å². The van der Waals surface area contributed by atoms with E-state index >= 15 is 0 Å². The predicted molar refractivity (Wildman–Crippen MR) is 53.5 cm³/mol. The SMILES string of the molecule is COCCN(C)C(=O)C(C#N)C(C)C. The van der Waals surface area contributed by atoms with Crippen molar-refractivity contribution in [1.29, 1.82) is 5.26 Å². The van der Waals surface area contributed by atoms with Gasteiger partial charge in [-0.05, 0) is 5.92 Å². The first-order valence-corrected chi connectivity index (χ1v) is 4.68. The summed E-state index contributed by atoms with van der Waals surface area (Å²) in [4.78, 5) is 13.2. The molecule has 0 saturated heterocycles. The topological polar surface area (TPSA) is 53.3 Å². The zero-order valence-electron chi connectivity index (χ0n) is 9.28. The molecule has 4 nitrogen and oxygen atoms in total. The summed E-state index contributed by atoms with van der Waals surface area (Å²) in [6, 6.07) is 2.03. The number of carbonyl (C=O) groups is 1. The van der Waals surface area contributed by atoms with Crippen molar-refractivity contribution in [3.8, 4) is 6.07 Å². The predicted octanol–water partition coefficient (Wildman–Crippen LogP) is 0.887. The van der Waals surface area contributed by atoms with Gasteiger partial charge in [0, 0.05) is 20.7 Å². The zero-order chi connectivity index (χ0) is 11.1. The molecule has 0 heterocycles. The average Bonchev–Trinajstić information content (AvgIpc) is 2.14. The molecule has 0 aliphatic carbocycles. The van der Waals surface area contributed by atoms with Gasteiger partial charge in [0.2, 0.25) is 5.91 Å². The molecular formula is C10H18N2O2. The number of methoxy groups -OCH3 is 1. The summed E-state index contributed by atoms with van der Waals surface area (Å²) < 4.78 is 4.86. The van der Waals surface area contributed by atoms with Crippen molar-refractivity contribution in [3.05, 3.63) is 0 Å². The minimum Gasteiger partial charge on any atom is -0.383 e. The Balaban J connectivity index is 4.22. The highest BCUT2D eigenvalue weighted by atomic mass is 16.5. The van der Waals surface area contributed by atoms with Crippen LogP contribution in [0.2, 0.25) is 0 Å². The monoisotopic (exact) mass is 198 g/mol. The third-order valence-corrected chi connectivity index (χ3v) is 2.08. The lowest BCUT2D eigenvalue weighted by atomic mass is 9.96. The molecule has 4 heteroatoms. The van der Waals surface area contributed by atoms with Crippen LogP contribution in [0.4, 0.5) is 0 Å². The molecule has 0 aliphatic rings. The Morgan fingerprint density at radius 3 is 2.50 bits per heavy atom. The van der Waals surface area contributed by atoms with Crippen LogP contribution in [0.5, 0.6) is 0 Å². The van der Waals surface area contributed by atoms with Gasteiger partial charge < -0.3 is 9.64 Å². The Kier molecular flexibility index (Phi) is 5.89. The van der Waals surface area contributed by atoms with E-state index in [9.17, 15) is 4.79 Å². The van der Waals surface area contributed by atoms with Gasteiger partial charge in [-0.2, -0.15) is 5.26 Å². The maximum Gasteiger partial charge on any atom is 0.240 e. The fourth-order valence-electron chi connectivity index (χ4n) is 1.07. The number of nitrogens with zero attached hydrogens (tertiary/aromatic N) is 2. The Bertz CT molecular complexity index is 221. The second kappa shape index (κ2) is 6.39. The molecule has 0 bridgehead atoms. The lowest BCUT2D eigenvalue weighted by Crippen LogP contribution is -2.36. The summed E-state index contributed by atoms with van der Waals surface area (Å²) in [5.41, 5.74) is 0. The van der Waals surface area contributed by atoms with Gasteiger partial charge in [0.25, 0.3) is 0 Å². The number of ether oxygens (including phenoxy) is 1. The largest absolute Gasteiger partial charge is 0.383 e. The highest BCUT2D eigenvalue weighted by molar-refractivity contribution is 5.81. The number of hydrogen-bond acceptors (Lipinski definition) is 3. The highest BCUT2D eigenvalue weighted by Crippen LogP contribution is 2.12. The summed E-state index contributed by atoms with van der Waals surface area (Å²) in [6.07, 6.45) is 0. The van der Waals surface area contributed by atoms with Crippen LogP contribution in [-0.4, -0.2) is 38.1 Å². The van der Waals surface area contributed by atoms with Crippen molar-refractivity contribution in [2.75, 3.05) is 27.3 Å². The maximum atomic E-state index is 11.7. The summed E-state index contributed by atoms with van der Waals surface area (Å²) in [6.45, 7) is 4.77. The summed E-state index contributed by atoms with van der Waals surface area (Å²) in [5, 5.41) is 8.81. The van der Waals surface area contributed by atoms with Crippen LogP contribution in [0.1, 0.15) is 13.8 Å². The van der Waals surface area contributed by atoms with Crippen LogP contribution >= 0.6 is 0 Å². The summed E-state index contributed by atoms with van der Waals surface area (Å²) in [7, 11) is 3.27. The molecule has 1 amide bonds. The van der Waals surface area contributed by atoms with Crippen LogP contribution in [0.15, 0.2) is 0 Å². The maximum absolute atomic E-state index is 11.7. The van der Waals surface area contributed by atoms with Gasteiger partial charge >= 0.3 is 0 Å². The number of nitriles is 1. The van der Waals surface area contributed by atoms with Crippen molar-refractivity contribution in [1.82, 2.24) is 4.90 Å². The molecule has 0 saturated carbocycles. The third-order valence-electron chi connectivity index (χ3n) is 2.08. The Morgan fingerprint density at radius 1 is 1.57 bits per heavy atom. The molecule has 0 fully saturated rings. The van der Waals surface area contributed by atoms with E-state index in [2.05, 4.69) is 0 Å². The zero-order valence-corrected chi connectivity index (χ0v) is 9.28. The molecule has 80 valence electrons. The van der Waals surface area contributed by atoms with Crippen LogP contribution < -0.4 is 0 Å². The molecule has 0 aromatic carbocycles. The number of rotatable bonds is 5. The van der Waals surface area contributed by atoms with Crippen molar-refractivity contribution in [2.45, 2.75) is 13.8 Å². The molecule has 0 aliphatic heterocycles. The molecule has 1 atom stereocenters. The van der Waals surface area contributed by atoms with E-state index in [1.54, 1.807) is 14.2 Å². The molecule has 0 spiro atoms. The lowest BCUT2D eigenvalue weighted by molar-refractivity contribution is -0.134. The minimum atomic E-state index is -0.545. The molecule has 0 N–H and O–H groups in total. The number of hydrogen-bond donors (Lipinski definition) is 0. The summed E-state index contributed by atoms with van der Waals surface area (Å²) in [5.74, 6) is -0.617. The molecule has 0 rings (SSSR count). The van der Waals surface area contributed by atoms with Gasteiger partial charge in [-0.3, -0.25) is 4.79 Å². The third kappa shape index (κ3) is 3.75. The quantitative estimate of drug-likeness (QED) is 0.659. The Morgan fingerprint density at radius 2 is 2.14 bits per heavy atom. The molecule has 1 unspecified atom stereocenters. The lowest BCUT2D eigenvalue weighted by Gasteiger charge is -2.21. The van der Waals surface area contributed by atoms with E-state index in [0.29, 0.717) is 13.2 Å². The highest BCUT2D eigenvalue weighted by Gasteiger charge is 2.24. The van der Waals surface area contributed by atoms with E-state index in [4.69, 9.17) is 10.00 Å². The van der Waals surface area contributed by atoms with Crippen LogP contribution in [0.3, 0.4) is 0 Å². The molecule has 0 aromatic heterocycles. The van der Waals surface area contributed by atoms with E-state index < -0.39 is 5.92 Å². The fraction of sp³-hybridized carbons (Fsp3) is 0.800. The van der Waals surface area contributed by atoms with E-state index in [1.165, 1.54) is 4.90 Å². The second-order valence-electron chi connectivity index (χ2n) is 3.60. The molecular weight excluding hydrogens is 180 g/mol. The van der Waals surface area contributed by atoms with Gasteiger partial charge in [0.15, 0.2) is 0 Å². The van der Waals surface area contributed by atoms with E-state index in [0.717, 1.165) is 0 Å². The van der Waals surface area contributed by atoms with Crippen LogP contribution in [0, 0.1) is 23.2 Å². The van der Waals surface area contributed by atoms with Gasteiger partial charge in [-0.15, -0.1) is 0 Å². The number of carbonyl (C=O) groups excluding carboxylic acids is 1. The average molecular weight is 198 g/mol.